The van der Waals surface area contributed by atoms with E-state index in [0.29, 0.717) is 12.8 Å². The number of primary amides is 1. The number of rotatable bonds is 14. The molecule has 0 bridgehead atoms. The fraction of sp³-hybridized carbons (Fsp3) is 0.366. The van der Waals surface area contributed by atoms with E-state index in [9.17, 15) is 51.9 Å². The molecule has 6 rings (SSSR count). The summed E-state index contributed by atoms with van der Waals surface area (Å²) in [5.74, 6) is -3.88. The first-order chi connectivity index (χ1) is 27.9. The molecule has 0 spiro atoms. The Bertz CT molecular complexity index is 2250. The van der Waals surface area contributed by atoms with Gasteiger partial charge in [-0.15, -0.1) is 0 Å². The lowest BCUT2D eigenvalue weighted by molar-refractivity contribution is -0.145. The van der Waals surface area contributed by atoms with Crippen LogP contribution in [0.2, 0.25) is 0 Å². The number of amides is 5. The summed E-state index contributed by atoms with van der Waals surface area (Å²) in [7, 11) is -5.87. The smallest absolute Gasteiger partial charge is 0.370 e. The molecule has 2 aliphatic heterocycles. The monoisotopic (exact) mass is 834 g/mol. The van der Waals surface area contributed by atoms with E-state index in [1.54, 1.807) is 0 Å². The van der Waals surface area contributed by atoms with Gasteiger partial charge in [-0.05, 0) is 55.0 Å². The standard InChI is InChI=1S/C41H45F2N6O9P/c1-24(50)48-19-18-29-13-16-35(39(54)46-32(15-17-37(44)52)36(51)22-30(25-8-4-2-5-9-25)26-10-6-3-7-11-26)49(29)40(55)34(23-48)47-38(53)33-21-27-20-28(12-14-31(27)45-33)41(42,43)59(56,57)58/h2-12,14,20-21,29-30,32,34-35,45H,13,15-19,22-23H2,1H3,(H2,44,52)(H,46,54)(H,47,53)(H2,56,57,58)/t29-,32+,34+,35+/m1/s1. The molecule has 0 aliphatic carbocycles. The van der Waals surface area contributed by atoms with Crippen molar-refractivity contribution >= 4 is 53.8 Å². The SMILES string of the molecule is CC(=O)N1CC[C@H]2CC[C@@H](C(=O)N[C@@H](CCC(N)=O)C(=O)CC(c3ccccc3)c3ccccc3)N2C(=O)[C@@H](NC(=O)c2cc3cc(C(F)(F)P(=O)(O)O)ccc3[nH]2)C1. The van der Waals surface area contributed by atoms with E-state index in [0.717, 1.165) is 29.3 Å². The summed E-state index contributed by atoms with van der Waals surface area (Å²) < 4.78 is 40.3. The molecule has 312 valence electrons. The van der Waals surface area contributed by atoms with Crippen LogP contribution in [-0.2, 0) is 34.2 Å². The van der Waals surface area contributed by atoms with Gasteiger partial charge in [0.05, 0.1) is 6.04 Å². The minimum atomic E-state index is -5.87. The number of benzene rings is 3. The van der Waals surface area contributed by atoms with E-state index in [-0.39, 0.29) is 73.0 Å². The van der Waals surface area contributed by atoms with Gasteiger partial charge in [0.2, 0.25) is 23.6 Å². The van der Waals surface area contributed by atoms with Crippen molar-refractivity contribution in [1.82, 2.24) is 25.4 Å². The second-order valence-electron chi connectivity index (χ2n) is 15.0. The summed E-state index contributed by atoms with van der Waals surface area (Å²) in [5.41, 5.74) is 1.78. The first-order valence-corrected chi connectivity index (χ1v) is 20.7. The molecule has 0 saturated carbocycles. The van der Waals surface area contributed by atoms with Gasteiger partial charge in [0.15, 0.2) is 5.78 Å². The van der Waals surface area contributed by atoms with Gasteiger partial charge < -0.3 is 40.9 Å². The number of carbonyl (C=O) groups is 6. The molecule has 4 atom stereocenters. The van der Waals surface area contributed by atoms with Crippen LogP contribution in [0.3, 0.4) is 0 Å². The Hall–Kier alpha value is -5.77. The Morgan fingerprint density at radius 2 is 1.59 bits per heavy atom. The number of nitrogens with two attached hydrogens (primary N) is 1. The highest BCUT2D eigenvalue weighted by molar-refractivity contribution is 7.52. The predicted molar refractivity (Wildman–Crippen MR) is 211 cm³/mol. The van der Waals surface area contributed by atoms with Gasteiger partial charge >= 0.3 is 13.3 Å². The van der Waals surface area contributed by atoms with Crippen molar-refractivity contribution in [3.63, 3.8) is 0 Å². The Morgan fingerprint density at radius 3 is 2.19 bits per heavy atom. The lowest BCUT2D eigenvalue weighted by Gasteiger charge is -2.38. The Kier molecular flexibility index (Phi) is 12.8. The summed E-state index contributed by atoms with van der Waals surface area (Å²) in [5, 5.41) is 5.46. The number of H-pyrrole nitrogens is 1. The van der Waals surface area contributed by atoms with Crippen LogP contribution in [0.5, 0.6) is 0 Å². The van der Waals surface area contributed by atoms with E-state index in [4.69, 9.17) is 5.73 Å². The number of fused-ring (bicyclic) bond motifs is 2. The fourth-order valence-electron chi connectivity index (χ4n) is 7.88. The van der Waals surface area contributed by atoms with Crippen LogP contribution >= 0.6 is 7.60 Å². The normalized spacial score (nSPS) is 19.2. The minimum absolute atomic E-state index is 0.0101. The third kappa shape index (κ3) is 9.59. The number of hydrogen-bond donors (Lipinski definition) is 6. The van der Waals surface area contributed by atoms with Crippen LogP contribution in [0, 0.1) is 0 Å². The quantitative estimate of drug-likeness (QED) is 0.102. The third-order valence-corrected chi connectivity index (χ3v) is 12.0. The molecule has 18 heteroatoms. The van der Waals surface area contributed by atoms with Crippen molar-refractivity contribution in [2.24, 2.45) is 5.73 Å². The molecule has 0 radical (unpaired) electrons. The first kappa shape index (κ1) is 42.8. The summed E-state index contributed by atoms with van der Waals surface area (Å²) in [6.45, 7) is 1.27. The van der Waals surface area contributed by atoms with E-state index < -0.39 is 66.6 Å². The molecule has 4 aromatic rings. The Morgan fingerprint density at radius 1 is 0.949 bits per heavy atom. The topological polar surface area (TPSA) is 232 Å². The van der Waals surface area contributed by atoms with E-state index in [2.05, 4.69) is 15.6 Å². The molecular formula is C41H45F2N6O9P. The molecule has 59 heavy (non-hydrogen) atoms. The van der Waals surface area contributed by atoms with Gasteiger partial charge in [-0.1, -0.05) is 66.7 Å². The van der Waals surface area contributed by atoms with Crippen LogP contribution < -0.4 is 16.4 Å². The first-order valence-electron chi connectivity index (χ1n) is 19.1. The van der Waals surface area contributed by atoms with Gasteiger partial charge in [0.25, 0.3) is 5.91 Å². The molecule has 15 nitrogen and oxygen atoms in total. The number of carbonyl (C=O) groups excluding carboxylic acids is 6. The summed E-state index contributed by atoms with van der Waals surface area (Å²) in [6.07, 6.45) is 0.645. The zero-order chi connectivity index (χ0) is 42.6. The van der Waals surface area contributed by atoms with Gasteiger partial charge in [0, 0.05) is 61.3 Å². The fourth-order valence-corrected chi connectivity index (χ4v) is 8.36. The molecule has 3 heterocycles. The van der Waals surface area contributed by atoms with Crippen LogP contribution in [0.1, 0.15) is 78.5 Å². The largest absolute Gasteiger partial charge is 0.399 e. The van der Waals surface area contributed by atoms with Crippen molar-refractivity contribution in [2.45, 2.75) is 81.2 Å². The average molecular weight is 835 g/mol. The number of aromatic amines is 1. The van der Waals surface area contributed by atoms with E-state index in [1.807, 2.05) is 60.7 Å². The van der Waals surface area contributed by atoms with Crippen molar-refractivity contribution in [3.8, 4) is 0 Å². The summed E-state index contributed by atoms with van der Waals surface area (Å²) in [4.78, 5) is 105. The maximum atomic E-state index is 14.4. The molecule has 5 amide bonds. The second-order valence-corrected chi connectivity index (χ2v) is 16.6. The number of ketones is 1. The zero-order valence-corrected chi connectivity index (χ0v) is 32.9. The molecule has 0 unspecified atom stereocenters. The summed E-state index contributed by atoms with van der Waals surface area (Å²) >= 11 is 0. The van der Waals surface area contributed by atoms with Crippen molar-refractivity contribution in [3.05, 3.63) is 107 Å². The Labute approximate surface area is 337 Å². The highest BCUT2D eigenvalue weighted by atomic mass is 31.2. The van der Waals surface area contributed by atoms with Crippen LogP contribution in [0.4, 0.5) is 8.78 Å². The molecule has 1 aromatic heterocycles. The third-order valence-electron chi connectivity index (χ3n) is 11.0. The number of Topliss-reactive ketones (excluding diaryl/α,β-unsaturated/α-hetero) is 1. The number of alkyl halides is 2. The lowest BCUT2D eigenvalue weighted by Crippen LogP contribution is -2.61. The molecular weight excluding hydrogens is 789 g/mol. The molecule has 2 aliphatic rings. The highest BCUT2D eigenvalue weighted by Crippen LogP contribution is 2.59. The van der Waals surface area contributed by atoms with Crippen molar-refractivity contribution in [1.29, 1.82) is 0 Å². The number of nitrogens with zero attached hydrogens (tertiary/aromatic N) is 2. The molecule has 2 saturated heterocycles. The van der Waals surface area contributed by atoms with E-state index >= 15 is 0 Å². The van der Waals surface area contributed by atoms with Crippen molar-refractivity contribution in [2.75, 3.05) is 13.1 Å². The molecule has 7 N–H and O–H groups in total. The Balaban J connectivity index is 1.23. The number of halogens is 2. The molecule has 3 aromatic carbocycles. The maximum absolute atomic E-state index is 14.4. The van der Waals surface area contributed by atoms with Gasteiger partial charge in [0.1, 0.15) is 17.8 Å². The second kappa shape index (κ2) is 17.6. The zero-order valence-electron chi connectivity index (χ0n) is 32.1. The number of hydrogen-bond acceptors (Lipinski definition) is 7. The van der Waals surface area contributed by atoms with Crippen LogP contribution in [-0.4, -0.2) is 97.1 Å². The molecule has 2 fully saturated rings. The van der Waals surface area contributed by atoms with Gasteiger partial charge in [-0.3, -0.25) is 33.3 Å². The van der Waals surface area contributed by atoms with Crippen LogP contribution in [0.15, 0.2) is 84.9 Å². The number of nitrogens with one attached hydrogen (secondary N) is 3. The predicted octanol–water partition coefficient (Wildman–Crippen LogP) is 3.65. The minimum Gasteiger partial charge on any atom is -0.370 e. The van der Waals surface area contributed by atoms with Gasteiger partial charge in [-0.25, -0.2) is 0 Å². The van der Waals surface area contributed by atoms with Gasteiger partial charge in [-0.2, -0.15) is 8.78 Å². The highest BCUT2D eigenvalue weighted by Gasteiger charge is 2.50. The number of aromatic nitrogens is 1. The van der Waals surface area contributed by atoms with Crippen LogP contribution in [0.25, 0.3) is 10.9 Å². The lowest BCUT2D eigenvalue weighted by atomic mass is 9.85. The summed E-state index contributed by atoms with van der Waals surface area (Å²) in [6, 6.07) is 18.7. The average Bonchev–Trinajstić information content (AvgIpc) is 3.83. The van der Waals surface area contributed by atoms with Crippen molar-refractivity contribution < 1.29 is 51.9 Å². The van der Waals surface area contributed by atoms with E-state index in [1.165, 1.54) is 22.8 Å². The maximum Gasteiger partial charge on any atom is 0.399 e.